The van der Waals surface area contributed by atoms with E-state index in [0.717, 1.165) is 84.9 Å². The van der Waals surface area contributed by atoms with Gasteiger partial charge in [0.15, 0.2) is 31.0 Å². The minimum atomic E-state index is -3.42. The van der Waals surface area contributed by atoms with E-state index >= 15 is 0 Å². The number of fused-ring (bicyclic) bond motifs is 2. The minimum absolute atomic E-state index is 0.128. The second-order valence-corrected chi connectivity index (χ2v) is 23.1. The van der Waals surface area contributed by atoms with Gasteiger partial charge in [0.25, 0.3) is 0 Å². The molecule has 4 aromatic carbocycles. The average molecular weight is 1120 g/mol. The molecule has 0 aliphatic rings. The molecule has 0 atom stereocenters. The van der Waals surface area contributed by atoms with Gasteiger partial charge in [-0.25, -0.2) is 36.5 Å². The predicted octanol–water partition coefficient (Wildman–Crippen LogP) is 12.8. The molecule has 0 spiro atoms. The Morgan fingerprint density at radius 3 is 1.38 bits per heavy atom. The number of anilines is 2. The van der Waals surface area contributed by atoms with Gasteiger partial charge in [0.1, 0.15) is 23.1 Å². The standard InChI is InChI=1S/C37H32ClN5O4S.C21H16ClN5O2S/c1-24-16-34-30(17-33(24)39-2)32(23-43(34)36-15-14-29(18-41-36)48(5,44)45)31-19-40-20-35(37(31)38)42(21-25-6-10-27(46-3)11-7-25)22-26-8-12-28(47-4)13-9-26;1-12-6-19-14(7-18(12)24-2)16(15-9-25-10-17(23)21(15)22)11-27(19)20-5-4-13(8-26-20)30(3,28)29/h6-20,23H,21-22H2,1,3-5H3;4-11H,23H2,1,3H3. The van der Waals surface area contributed by atoms with E-state index in [9.17, 15) is 16.8 Å². The fourth-order valence-electron chi connectivity index (χ4n) is 8.87. The quantitative estimate of drug-likeness (QED) is 0.108. The average Bonchev–Trinajstić information content (AvgIpc) is 4.08. The van der Waals surface area contributed by atoms with Crippen molar-refractivity contribution in [2.75, 3.05) is 37.4 Å². The Labute approximate surface area is 461 Å². The van der Waals surface area contributed by atoms with E-state index in [1.54, 1.807) is 51.0 Å². The van der Waals surface area contributed by atoms with Crippen molar-refractivity contribution in [3.8, 4) is 45.4 Å². The van der Waals surface area contributed by atoms with E-state index < -0.39 is 19.7 Å². The Morgan fingerprint density at radius 2 is 1.00 bits per heavy atom. The minimum Gasteiger partial charge on any atom is -0.497 e. The van der Waals surface area contributed by atoms with Gasteiger partial charge >= 0.3 is 0 Å². The molecule has 78 heavy (non-hydrogen) atoms. The summed E-state index contributed by atoms with van der Waals surface area (Å²) < 4.78 is 62.2. The molecule has 0 radical (unpaired) electrons. The number of nitrogens with two attached hydrogens (primary N) is 1. The van der Waals surface area contributed by atoms with E-state index in [1.165, 1.54) is 30.7 Å². The van der Waals surface area contributed by atoms with Crippen molar-refractivity contribution in [1.82, 2.24) is 29.1 Å². The number of nitrogens with zero attached hydrogens (tertiary/aromatic N) is 9. The second-order valence-electron chi connectivity index (χ2n) is 18.3. The monoisotopic (exact) mass is 1110 g/mol. The molecule has 0 saturated heterocycles. The summed E-state index contributed by atoms with van der Waals surface area (Å²) in [7, 11) is -3.49. The van der Waals surface area contributed by atoms with Crippen LogP contribution in [0.5, 0.6) is 11.5 Å². The first-order valence-corrected chi connectivity index (χ1v) is 28.3. The molecular formula is C58H48Cl2N10O6S2. The summed E-state index contributed by atoms with van der Waals surface area (Å²) in [4.78, 5) is 27.4. The number of sulfone groups is 2. The topological polar surface area (TPSA) is 186 Å². The number of methoxy groups -OCH3 is 2. The van der Waals surface area contributed by atoms with Crippen molar-refractivity contribution in [3.05, 3.63) is 202 Å². The number of hydrogen-bond acceptors (Lipinski definition) is 12. The number of halogens is 2. The molecule has 16 nitrogen and oxygen atoms in total. The maximum atomic E-state index is 12.1. The number of benzene rings is 4. The molecule has 2 N–H and O–H groups in total. The lowest BCUT2D eigenvalue weighted by Gasteiger charge is -2.27. The highest BCUT2D eigenvalue weighted by Crippen LogP contribution is 2.43. The summed E-state index contributed by atoms with van der Waals surface area (Å²) in [6.07, 6.45) is 15.3. The van der Waals surface area contributed by atoms with Crippen molar-refractivity contribution in [1.29, 1.82) is 0 Å². The first-order valence-electron chi connectivity index (χ1n) is 23.7. The Hall–Kier alpha value is -8.78. The van der Waals surface area contributed by atoms with E-state index in [1.807, 2.05) is 102 Å². The number of nitrogen functional groups attached to an aromatic ring is 1. The van der Waals surface area contributed by atoms with Gasteiger partial charge in [-0.15, -0.1) is 0 Å². The first kappa shape index (κ1) is 54.0. The highest BCUT2D eigenvalue weighted by molar-refractivity contribution is 7.91. The molecule has 20 heteroatoms. The van der Waals surface area contributed by atoms with Crippen LogP contribution in [0.2, 0.25) is 10.0 Å². The van der Waals surface area contributed by atoms with Crippen LogP contribution in [-0.4, -0.2) is 72.6 Å². The molecule has 0 aliphatic heterocycles. The summed E-state index contributed by atoms with van der Waals surface area (Å²) in [6, 6.07) is 29.6. The molecular weight excluding hydrogens is 1070 g/mol. The molecule has 0 bridgehead atoms. The lowest BCUT2D eigenvalue weighted by molar-refractivity contribution is 0.414. The molecule has 0 amide bonds. The number of rotatable bonds is 13. The molecule has 6 heterocycles. The zero-order valence-electron chi connectivity index (χ0n) is 42.9. The molecule has 10 aromatic rings. The Morgan fingerprint density at radius 1 is 0.577 bits per heavy atom. The first-order chi connectivity index (χ1) is 37.3. The number of ether oxygens (including phenoxy) is 2. The van der Waals surface area contributed by atoms with Crippen LogP contribution < -0.4 is 20.1 Å². The fourth-order valence-corrected chi connectivity index (χ4v) is 10.5. The summed E-state index contributed by atoms with van der Waals surface area (Å²) >= 11 is 13.8. The lowest BCUT2D eigenvalue weighted by Crippen LogP contribution is -2.22. The highest BCUT2D eigenvalue weighted by atomic mass is 35.5. The van der Waals surface area contributed by atoms with Gasteiger partial charge in [-0.1, -0.05) is 47.5 Å². The normalized spacial score (nSPS) is 11.4. The molecule has 392 valence electrons. The van der Waals surface area contributed by atoms with E-state index in [2.05, 4.69) is 34.5 Å². The van der Waals surface area contributed by atoms with Gasteiger partial charge in [-0.2, -0.15) is 0 Å². The van der Waals surface area contributed by atoms with Crippen LogP contribution in [0, 0.1) is 27.0 Å². The third-order valence-electron chi connectivity index (χ3n) is 13.0. The predicted molar refractivity (Wildman–Crippen MR) is 307 cm³/mol. The summed E-state index contributed by atoms with van der Waals surface area (Å²) in [5.41, 5.74) is 16.2. The van der Waals surface area contributed by atoms with Gasteiger partial charge in [0, 0.05) is 85.0 Å². The van der Waals surface area contributed by atoms with Crippen LogP contribution in [0.3, 0.4) is 0 Å². The number of hydrogen-bond donors (Lipinski definition) is 1. The third kappa shape index (κ3) is 11.1. The zero-order chi connectivity index (χ0) is 55.6. The van der Waals surface area contributed by atoms with Crippen molar-refractivity contribution < 1.29 is 26.3 Å². The third-order valence-corrected chi connectivity index (χ3v) is 16.0. The smallest absolute Gasteiger partial charge is 0.190 e. The van der Waals surface area contributed by atoms with Gasteiger partial charge < -0.3 is 29.2 Å². The summed E-state index contributed by atoms with van der Waals surface area (Å²) in [5, 5.41) is 2.44. The van der Waals surface area contributed by atoms with E-state index in [-0.39, 0.29) is 9.79 Å². The maximum Gasteiger partial charge on any atom is 0.190 e. The Kier molecular flexibility index (Phi) is 15.3. The van der Waals surface area contributed by atoms with Gasteiger partial charge in [-0.05, 0) is 120 Å². The lowest BCUT2D eigenvalue weighted by atomic mass is 10.0. The van der Waals surface area contributed by atoms with Crippen LogP contribution >= 0.6 is 23.2 Å². The number of pyridine rings is 4. The molecule has 0 saturated carbocycles. The van der Waals surface area contributed by atoms with Crippen molar-refractivity contribution in [2.24, 2.45) is 0 Å². The molecule has 0 fully saturated rings. The summed E-state index contributed by atoms with van der Waals surface area (Å²) in [5.74, 6) is 2.59. The molecule has 10 rings (SSSR count). The van der Waals surface area contributed by atoms with Gasteiger partial charge in [0.2, 0.25) is 0 Å². The van der Waals surface area contributed by atoms with Crippen molar-refractivity contribution >= 4 is 87.4 Å². The SMILES string of the molecule is [C-]#[N+]c1cc2c(-c3cncc(N(Cc4ccc(OC)cc4)Cc4ccc(OC)cc4)c3Cl)cn(-c3ccc(S(C)(=O)=O)cn3)c2cc1C.[C-]#[N+]c1cc2c(-c3cncc(N)c3Cl)cn(-c3ccc(S(C)(=O)=O)cn3)c2cc1C. The van der Waals surface area contributed by atoms with Crippen LogP contribution in [-0.2, 0) is 32.8 Å². The summed E-state index contributed by atoms with van der Waals surface area (Å²) in [6.45, 7) is 20.1. The second kappa shape index (κ2) is 22.1. The number of aryl methyl sites for hydroxylation is 2. The molecule has 0 aliphatic carbocycles. The molecule has 0 unspecified atom stereocenters. The van der Waals surface area contributed by atoms with Gasteiger partial charge in [-0.3, -0.25) is 9.97 Å². The largest absolute Gasteiger partial charge is 0.497 e. The van der Waals surface area contributed by atoms with Crippen LogP contribution in [0.1, 0.15) is 22.3 Å². The van der Waals surface area contributed by atoms with Crippen molar-refractivity contribution in [2.45, 2.75) is 36.7 Å². The zero-order valence-corrected chi connectivity index (χ0v) is 46.0. The van der Waals surface area contributed by atoms with Crippen LogP contribution in [0.15, 0.2) is 156 Å². The number of aromatic nitrogens is 6. The Balaban J connectivity index is 0.000000211. The maximum absolute atomic E-state index is 12.1. The van der Waals surface area contributed by atoms with E-state index in [4.69, 9.17) is 51.6 Å². The Bertz CT molecular complexity index is 4200. The highest BCUT2D eigenvalue weighted by Gasteiger charge is 2.23. The van der Waals surface area contributed by atoms with Crippen molar-refractivity contribution in [3.63, 3.8) is 0 Å². The fraction of sp³-hybridized carbons (Fsp3) is 0.138. The van der Waals surface area contributed by atoms with E-state index in [0.29, 0.717) is 63.0 Å². The van der Waals surface area contributed by atoms with Crippen LogP contribution in [0.4, 0.5) is 22.7 Å². The van der Waals surface area contributed by atoms with Gasteiger partial charge in [0.05, 0.1) is 82.0 Å². The molecule has 6 aromatic heterocycles. The van der Waals surface area contributed by atoms with Crippen LogP contribution in [0.25, 0.3) is 65.4 Å².